The van der Waals surface area contributed by atoms with E-state index in [4.69, 9.17) is 9.97 Å². The van der Waals surface area contributed by atoms with Crippen LogP contribution >= 0.6 is 0 Å². The van der Waals surface area contributed by atoms with E-state index in [0.29, 0.717) is 18.3 Å². The summed E-state index contributed by atoms with van der Waals surface area (Å²) in [6.45, 7) is 7.35. The first kappa shape index (κ1) is 23.2. The topological polar surface area (TPSA) is 44.3 Å². The Labute approximate surface area is 202 Å². The number of likely N-dealkylation sites (tertiary alicyclic amines) is 1. The maximum absolute atomic E-state index is 14.9. The predicted molar refractivity (Wildman–Crippen MR) is 138 cm³/mol. The van der Waals surface area contributed by atoms with Gasteiger partial charge in [-0.1, -0.05) is 6.92 Å². The van der Waals surface area contributed by atoms with Gasteiger partial charge in [-0.15, -0.1) is 0 Å². The number of nitrogens with one attached hydrogen (secondary N) is 1. The Morgan fingerprint density at radius 3 is 2.74 bits per heavy atom. The summed E-state index contributed by atoms with van der Waals surface area (Å²) in [5.41, 5.74) is 5.73. The van der Waals surface area contributed by atoms with E-state index >= 15 is 0 Å². The van der Waals surface area contributed by atoms with Gasteiger partial charge in [-0.3, -0.25) is 4.98 Å². The SMILES string of the molecule is CCc1cc2nc(-c3ccc(CCCNC)nc3)cc(N3CC4CCN(C)CC4C3)c2cc1F. The van der Waals surface area contributed by atoms with Crippen LogP contribution in [0.3, 0.4) is 0 Å². The molecule has 0 amide bonds. The highest BCUT2D eigenvalue weighted by Gasteiger charge is 2.36. The van der Waals surface area contributed by atoms with Crippen LogP contribution in [0, 0.1) is 17.7 Å². The van der Waals surface area contributed by atoms with Crippen LogP contribution in [0.15, 0.2) is 36.5 Å². The number of fused-ring (bicyclic) bond motifs is 2. The second-order valence-corrected chi connectivity index (χ2v) is 10.1. The van der Waals surface area contributed by atoms with Crippen molar-refractivity contribution < 1.29 is 4.39 Å². The predicted octanol–water partition coefficient (Wildman–Crippen LogP) is 4.54. The van der Waals surface area contributed by atoms with Crippen molar-refractivity contribution in [1.82, 2.24) is 20.2 Å². The largest absolute Gasteiger partial charge is 0.370 e. The average molecular weight is 462 g/mol. The molecule has 0 radical (unpaired) electrons. The third-order valence-electron chi connectivity index (χ3n) is 7.66. The summed E-state index contributed by atoms with van der Waals surface area (Å²) in [5, 5.41) is 4.11. The maximum atomic E-state index is 14.9. The molecule has 2 aromatic heterocycles. The third-order valence-corrected chi connectivity index (χ3v) is 7.66. The lowest BCUT2D eigenvalue weighted by Gasteiger charge is -2.31. The molecule has 2 atom stereocenters. The molecule has 2 aliphatic rings. The Balaban J connectivity index is 1.52. The van der Waals surface area contributed by atoms with E-state index in [9.17, 15) is 4.39 Å². The van der Waals surface area contributed by atoms with Crippen LogP contribution in [0.4, 0.5) is 10.1 Å². The summed E-state index contributed by atoms with van der Waals surface area (Å²) < 4.78 is 14.9. The number of aromatic nitrogens is 2. The zero-order chi connectivity index (χ0) is 23.7. The van der Waals surface area contributed by atoms with Crippen molar-refractivity contribution in [3.8, 4) is 11.3 Å². The molecule has 5 nitrogen and oxygen atoms in total. The van der Waals surface area contributed by atoms with Gasteiger partial charge < -0.3 is 15.1 Å². The first-order chi connectivity index (χ1) is 16.6. The number of pyridine rings is 2. The smallest absolute Gasteiger partial charge is 0.127 e. The van der Waals surface area contributed by atoms with E-state index in [1.54, 1.807) is 6.07 Å². The summed E-state index contributed by atoms with van der Waals surface area (Å²) >= 11 is 0. The fourth-order valence-electron chi connectivity index (χ4n) is 5.67. The molecule has 180 valence electrons. The summed E-state index contributed by atoms with van der Waals surface area (Å²) in [4.78, 5) is 14.6. The van der Waals surface area contributed by atoms with Gasteiger partial charge in [0.05, 0.1) is 11.2 Å². The lowest BCUT2D eigenvalue weighted by Crippen LogP contribution is -2.37. The van der Waals surface area contributed by atoms with Crippen LogP contribution < -0.4 is 10.2 Å². The van der Waals surface area contributed by atoms with Gasteiger partial charge >= 0.3 is 0 Å². The first-order valence-electron chi connectivity index (χ1n) is 12.7. The Kier molecular flexibility index (Phi) is 6.79. The second kappa shape index (κ2) is 9.96. The number of anilines is 1. The van der Waals surface area contributed by atoms with Crippen molar-refractivity contribution in [3.05, 3.63) is 53.6 Å². The molecule has 2 aliphatic heterocycles. The normalized spacial score (nSPS) is 20.8. The number of nitrogens with zero attached hydrogens (tertiary/aromatic N) is 4. The number of hydrogen-bond donors (Lipinski definition) is 1. The lowest BCUT2D eigenvalue weighted by molar-refractivity contribution is 0.178. The molecule has 0 saturated carbocycles. The number of hydrogen-bond acceptors (Lipinski definition) is 5. The van der Waals surface area contributed by atoms with Gasteiger partial charge in [0, 0.05) is 48.2 Å². The monoisotopic (exact) mass is 461 g/mol. The van der Waals surface area contributed by atoms with Gasteiger partial charge in [0.25, 0.3) is 0 Å². The van der Waals surface area contributed by atoms with Crippen molar-refractivity contribution in [2.75, 3.05) is 51.7 Å². The quantitative estimate of drug-likeness (QED) is 0.524. The van der Waals surface area contributed by atoms with Crippen molar-refractivity contribution in [2.45, 2.75) is 32.6 Å². The van der Waals surface area contributed by atoms with Crippen LogP contribution in [-0.4, -0.2) is 61.7 Å². The fraction of sp³-hybridized carbons (Fsp3) is 0.500. The summed E-state index contributed by atoms with van der Waals surface area (Å²) in [7, 11) is 4.19. The van der Waals surface area contributed by atoms with Crippen LogP contribution in [-0.2, 0) is 12.8 Å². The first-order valence-corrected chi connectivity index (χ1v) is 12.7. The standard InChI is InChI=1S/C28H36FN5/c1-4-19-12-27-24(13-25(19)29)28(34-17-21-9-11-33(3)16-22(21)18-34)14-26(32-27)20-7-8-23(31-15-20)6-5-10-30-2/h7-8,12-15,21-22,30H,4-6,9-11,16-18H2,1-3H3. The Hall–Kier alpha value is -2.57. The van der Waals surface area contributed by atoms with E-state index in [0.717, 1.165) is 84.7 Å². The van der Waals surface area contributed by atoms with Crippen LogP contribution in [0.1, 0.15) is 31.0 Å². The highest BCUT2D eigenvalue weighted by Crippen LogP contribution is 2.38. The van der Waals surface area contributed by atoms with Crippen molar-refractivity contribution in [3.63, 3.8) is 0 Å². The van der Waals surface area contributed by atoms with E-state index < -0.39 is 0 Å². The van der Waals surface area contributed by atoms with Crippen LogP contribution in [0.25, 0.3) is 22.2 Å². The number of rotatable bonds is 7. The van der Waals surface area contributed by atoms with Gasteiger partial charge in [0.2, 0.25) is 0 Å². The molecule has 2 fully saturated rings. The number of halogens is 1. The summed E-state index contributed by atoms with van der Waals surface area (Å²) in [5.74, 6) is 1.25. The van der Waals surface area contributed by atoms with E-state index in [-0.39, 0.29) is 5.82 Å². The Morgan fingerprint density at radius 2 is 1.97 bits per heavy atom. The molecular weight excluding hydrogens is 425 g/mol. The van der Waals surface area contributed by atoms with Crippen LogP contribution in [0.5, 0.6) is 0 Å². The average Bonchev–Trinajstić information content (AvgIpc) is 3.26. The molecule has 1 N–H and O–H groups in total. The van der Waals surface area contributed by atoms with Crippen molar-refractivity contribution >= 4 is 16.6 Å². The second-order valence-electron chi connectivity index (χ2n) is 10.1. The highest BCUT2D eigenvalue weighted by atomic mass is 19.1. The zero-order valence-electron chi connectivity index (χ0n) is 20.6. The minimum atomic E-state index is -0.130. The van der Waals surface area contributed by atoms with Gasteiger partial charge in [-0.25, -0.2) is 9.37 Å². The molecule has 4 heterocycles. The van der Waals surface area contributed by atoms with Crippen molar-refractivity contribution in [2.24, 2.45) is 11.8 Å². The Morgan fingerprint density at radius 1 is 1.12 bits per heavy atom. The summed E-state index contributed by atoms with van der Waals surface area (Å²) in [6.07, 6.45) is 5.86. The van der Waals surface area contributed by atoms with Crippen LogP contribution in [0.2, 0.25) is 0 Å². The fourth-order valence-corrected chi connectivity index (χ4v) is 5.67. The van der Waals surface area contributed by atoms with E-state index in [2.05, 4.69) is 40.4 Å². The molecule has 1 aromatic carbocycles. The molecule has 0 aliphatic carbocycles. The van der Waals surface area contributed by atoms with Crippen molar-refractivity contribution in [1.29, 1.82) is 0 Å². The zero-order valence-corrected chi connectivity index (χ0v) is 20.6. The molecule has 5 rings (SSSR count). The molecular formula is C28H36FN5. The Bertz CT molecular complexity index is 1150. The molecule has 2 saturated heterocycles. The number of piperidine rings is 1. The minimum Gasteiger partial charge on any atom is -0.370 e. The molecule has 34 heavy (non-hydrogen) atoms. The van der Waals surface area contributed by atoms with Gasteiger partial charge in [-0.2, -0.15) is 0 Å². The van der Waals surface area contributed by atoms with Gasteiger partial charge in [0.15, 0.2) is 0 Å². The maximum Gasteiger partial charge on any atom is 0.127 e. The molecule has 3 aromatic rings. The molecule has 0 spiro atoms. The molecule has 6 heteroatoms. The summed E-state index contributed by atoms with van der Waals surface area (Å²) in [6, 6.07) is 10.0. The number of aryl methyl sites for hydroxylation is 2. The number of benzene rings is 1. The van der Waals surface area contributed by atoms with E-state index in [1.165, 1.54) is 6.42 Å². The van der Waals surface area contributed by atoms with E-state index in [1.807, 2.05) is 26.2 Å². The van der Waals surface area contributed by atoms with Gasteiger partial charge in [-0.05, 0) is 101 Å². The third kappa shape index (κ3) is 4.66. The highest BCUT2D eigenvalue weighted by molar-refractivity contribution is 5.95. The lowest BCUT2D eigenvalue weighted by atomic mass is 9.89. The molecule has 0 bridgehead atoms. The van der Waals surface area contributed by atoms with Gasteiger partial charge in [0.1, 0.15) is 5.82 Å². The molecule has 2 unspecified atom stereocenters. The minimum absolute atomic E-state index is 0.130.